The van der Waals surface area contributed by atoms with Crippen LogP contribution in [0.25, 0.3) is 0 Å². The fraction of sp³-hybridized carbons (Fsp3) is 0.167. The van der Waals surface area contributed by atoms with Crippen molar-refractivity contribution < 1.29 is 9.62 Å². The zero-order chi connectivity index (χ0) is 12.8. The molecule has 0 spiro atoms. The summed E-state index contributed by atoms with van der Waals surface area (Å²) in [5.41, 5.74) is 6.89. The molecule has 2 heterocycles. The highest BCUT2D eigenvalue weighted by molar-refractivity contribution is 5.96. The van der Waals surface area contributed by atoms with Crippen molar-refractivity contribution >= 4 is 5.84 Å². The molecule has 0 radical (unpaired) electrons. The van der Waals surface area contributed by atoms with Gasteiger partial charge in [0.05, 0.1) is 12.8 Å². The van der Waals surface area contributed by atoms with Crippen LogP contribution in [0.3, 0.4) is 0 Å². The molecule has 0 fully saturated rings. The van der Waals surface area contributed by atoms with Gasteiger partial charge in [0.25, 0.3) is 0 Å². The average Bonchev–Trinajstić information content (AvgIpc) is 2.92. The second kappa shape index (κ2) is 5.83. The average molecular weight is 246 g/mol. The Morgan fingerprint density at radius 1 is 1.39 bits per heavy atom. The van der Waals surface area contributed by atoms with Gasteiger partial charge in [0, 0.05) is 12.7 Å². The molecule has 0 aromatic carbocycles. The molecule has 0 saturated heterocycles. The molecule has 0 bridgehead atoms. The highest BCUT2D eigenvalue weighted by Gasteiger charge is 2.07. The van der Waals surface area contributed by atoms with E-state index in [2.05, 4.69) is 15.5 Å². The van der Waals surface area contributed by atoms with Crippen molar-refractivity contribution in [3.8, 4) is 0 Å². The molecule has 2 rings (SSSR count). The fourth-order valence-electron chi connectivity index (χ4n) is 1.59. The van der Waals surface area contributed by atoms with Crippen LogP contribution in [0.2, 0.25) is 0 Å². The molecule has 2 aromatic rings. The summed E-state index contributed by atoms with van der Waals surface area (Å²) in [5.74, 6) is 0.856. The van der Waals surface area contributed by atoms with Crippen molar-refractivity contribution in [3.63, 3.8) is 0 Å². The van der Waals surface area contributed by atoms with Crippen molar-refractivity contribution in [1.29, 1.82) is 0 Å². The molecule has 0 unspecified atom stereocenters. The van der Waals surface area contributed by atoms with Crippen molar-refractivity contribution in [1.82, 2.24) is 10.3 Å². The minimum atomic E-state index is 0.00500. The van der Waals surface area contributed by atoms with E-state index in [9.17, 15) is 0 Å². The Morgan fingerprint density at radius 2 is 2.28 bits per heavy atom. The molecule has 0 aliphatic carbocycles. The SMILES string of the molecule is NC(=NO)c1ncccc1CNCc1ccco1. The Kier molecular flexibility index (Phi) is 3.93. The predicted molar refractivity (Wildman–Crippen MR) is 66.0 cm³/mol. The summed E-state index contributed by atoms with van der Waals surface area (Å²) < 4.78 is 5.20. The van der Waals surface area contributed by atoms with Crippen LogP contribution in [-0.4, -0.2) is 16.0 Å². The van der Waals surface area contributed by atoms with E-state index in [1.54, 1.807) is 18.5 Å². The lowest BCUT2D eigenvalue weighted by atomic mass is 10.2. The summed E-state index contributed by atoms with van der Waals surface area (Å²) in [7, 11) is 0. The Bertz CT molecular complexity index is 523. The summed E-state index contributed by atoms with van der Waals surface area (Å²) in [4.78, 5) is 4.09. The summed E-state index contributed by atoms with van der Waals surface area (Å²) >= 11 is 0. The zero-order valence-electron chi connectivity index (χ0n) is 9.71. The second-order valence-electron chi connectivity index (χ2n) is 3.68. The summed E-state index contributed by atoms with van der Waals surface area (Å²) in [6, 6.07) is 7.40. The number of nitrogens with two attached hydrogens (primary N) is 1. The van der Waals surface area contributed by atoms with Crippen LogP contribution in [0.1, 0.15) is 17.0 Å². The molecular formula is C12H14N4O2. The number of nitrogens with zero attached hydrogens (tertiary/aromatic N) is 2. The van der Waals surface area contributed by atoms with E-state index in [0.717, 1.165) is 11.3 Å². The van der Waals surface area contributed by atoms with Crippen molar-refractivity contribution in [2.75, 3.05) is 0 Å². The third-order valence-corrected chi connectivity index (χ3v) is 2.44. The quantitative estimate of drug-likeness (QED) is 0.317. The molecule has 0 saturated carbocycles. The second-order valence-corrected chi connectivity index (χ2v) is 3.68. The van der Waals surface area contributed by atoms with E-state index < -0.39 is 0 Å². The molecule has 6 nitrogen and oxygen atoms in total. The van der Waals surface area contributed by atoms with Crippen LogP contribution in [0.5, 0.6) is 0 Å². The lowest BCUT2D eigenvalue weighted by Crippen LogP contribution is -2.21. The maximum atomic E-state index is 8.68. The van der Waals surface area contributed by atoms with E-state index in [1.165, 1.54) is 0 Å². The normalized spacial score (nSPS) is 11.7. The third-order valence-electron chi connectivity index (χ3n) is 2.44. The topological polar surface area (TPSA) is 96.7 Å². The molecular weight excluding hydrogens is 232 g/mol. The number of amidine groups is 1. The number of hydrogen-bond donors (Lipinski definition) is 3. The maximum Gasteiger partial charge on any atom is 0.189 e. The molecule has 4 N–H and O–H groups in total. The Hall–Kier alpha value is -2.34. The van der Waals surface area contributed by atoms with Gasteiger partial charge in [-0.2, -0.15) is 0 Å². The number of furan rings is 1. The first-order valence-corrected chi connectivity index (χ1v) is 5.46. The van der Waals surface area contributed by atoms with Gasteiger partial charge in [-0.15, -0.1) is 0 Å². The van der Waals surface area contributed by atoms with Crippen LogP contribution in [0, 0.1) is 0 Å². The van der Waals surface area contributed by atoms with Gasteiger partial charge in [0.15, 0.2) is 5.84 Å². The van der Waals surface area contributed by atoms with Gasteiger partial charge < -0.3 is 20.7 Å². The van der Waals surface area contributed by atoms with Crippen LogP contribution < -0.4 is 11.1 Å². The van der Waals surface area contributed by atoms with E-state index in [-0.39, 0.29) is 5.84 Å². The number of rotatable bonds is 5. The first kappa shape index (κ1) is 12.1. The lowest BCUT2D eigenvalue weighted by Gasteiger charge is -2.07. The number of hydrogen-bond acceptors (Lipinski definition) is 5. The van der Waals surface area contributed by atoms with Crippen molar-refractivity contribution in [2.45, 2.75) is 13.1 Å². The van der Waals surface area contributed by atoms with E-state index in [4.69, 9.17) is 15.4 Å². The van der Waals surface area contributed by atoms with Gasteiger partial charge in [0.2, 0.25) is 0 Å². The smallest absolute Gasteiger partial charge is 0.189 e. The van der Waals surface area contributed by atoms with Gasteiger partial charge in [-0.25, -0.2) is 0 Å². The molecule has 2 aromatic heterocycles. The Balaban J connectivity index is 2.01. The molecule has 0 aliphatic rings. The zero-order valence-corrected chi connectivity index (χ0v) is 9.71. The van der Waals surface area contributed by atoms with Gasteiger partial charge in [0.1, 0.15) is 11.5 Å². The van der Waals surface area contributed by atoms with E-state index in [0.29, 0.717) is 18.8 Å². The monoisotopic (exact) mass is 246 g/mol. The minimum absolute atomic E-state index is 0.00500. The van der Waals surface area contributed by atoms with E-state index in [1.807, 2.05) is 18.2 Å². The highest BCUT2D eigenvalue weighted by atomic mass is 16.4. The first-order valence-electron chi connectivity index (χ1n) is 5.46. The number of oxime groups is 1. The van der Waals surface area contributed by atoms with Crippen LogP contribution in [-0.2, 0) is 13.1 Å². The van der Waals surface area contributed by atoms with Crippen LogP contribution >= 0.6 is 0 Å². The molecule has 0 aliphatic heterocycles. The molecule has 0 atom stereocenters. The van der Waals surface area contributed by atoms with Crippen molar-refractivity contribution in [2.24, 2.45) is 10.9 Å². The molecule has 94 valence electrons. The van der Waals surface area contributed by atoms with Gasteiger partial charge in [-0.05, 0) is 23.8 Å². The summed E-state index contributed by atoms with van der Waals surface area (Å²) in [6.07, 6.45) is 3.23. The molecule has 0 amide bonds. The van der Waals surface area contributed by atoms with Gasteiger partial charge >= 0.3 is 0 Å². The predicted octanol–water partition coefficient (Wildman–Crippen LogP) is 1.06. The lowest BCUT2D eigenvalue weighted by molar-refractivity contribution is 0.318. The molecule has 18 heavy (non-hydrogen) atoms. The third kappa shape index (κ3) is 2.86. The van der Waals surface area contributed by atoms with Crippen molar-refractivity contribution in [3.05, 3.63) is 53.7 Å². The van der Waals surface area contributed by atoms with Crippen LogP contribution in [0.15, 0.2) is 46.3 Å². The largest absolute Gasteiger partial charge is 0.468 e. The minimum Gasteiger partial charge on any atom is -0.468 e. The van der Waals surface area contributed by atoms with Gasteiger partial charge in [-0.1, -0.05) is 11.2 Å². The van der Waals surface area contributed by atoms with Crippen LogP contribution in [0.4, 0.5) is 0 Å². The highest BCUT2D eigenvalue weighted by Crippen LogP contribution is 2.06. The Labute approximate surface area is 104 Å². The first-order chi connectivity index (χ1) is 8.81. The fourth-order valence-corrected chi connectivity index (χ4v) is 1.59. The Morgan fingerprint density at radius 3 is 3.00 bits per heavy atom. The number of pyridine rings is 1. The maximum absolute atomic E-state index is 8.68. The van der Waals surface area contributed by atoms with E-state index >= 15 is 0 Å². The summed E-state index contributed by atoms with van der Waals surface area (Å²) in [5, 5.41) is 14.8. The summed E-state index contributed by atoms with van der Waals surface area (Å²) in [6.45, 7) is 1.16. The molecule has 6 heteroatoms. The standard InChI is InChI=1S/C12H14N4O2/c13-12(16-17)11-9(3-1-5-15-11)7-14-8-10-4-2-6-18-10/h1-6,14,17H,7-8H2,(H2,13,16). The number of nitrogens with one attached hydrogen (secondary N) is 1. The number of aromatic nitrogens is 1. The van der Waals surface area contributed by atoms with Gasteiger partial charge in [-0.3, -0.25) is 4.98 Å².